The summed E-state index contributed by atoms with van der Waals surface area (Å²) in [6, 6.07) is 5.88. The van der Waals surface area contributed by atoms with E-state index in [0.717, 1.165) is 20.9 Å². The van der Waals surface area contributed by atoms with Crippen LogP contribution in [0.15, 0.2) is 22.7 Å². The van der Waals surface area contributed by atoms with E-state index >= 15 is 0 Å². The van der Waals surface area contributed by atoms with Crippen molar-refractivity contribution in [3.63, 3.8) is 0 Å². The number of nitrogen functional groups attached to an aromatic ring is 1. The first-order chi connectivity index (χ1) is 7.49. The summed E-state index contributed by atoms with van der Waals surface area (Å²) >= 11 is 9.54. The second-order valence-electron chi connectivity index (χ2n) is 4.08. The van der Waals surface area contributed by atoms with E-state index in [-0.39, 0.29) is 0 Å². The minimum absolute atomic E-state index is 0.356. The van der Waals surface area contributed by atoms with Crippen LogP contribution in [0.1, 0.15) is 25.3 Å². The first kappa shape index (κ1) is 11.7. The molecular formula is C12H12BrClN2. The van der Waals surface area contributed by atoms with Crippen LogP contribution in [0.2, 0.25) is 5.02 Å². The van der Waals surface area contributed by atoms with Crippen molar-refractivity contribution in [2.45, 2.75) is 19.8 Å². The van der Waals surface area contributed by atoms with E-state index in [1.165, 1.54) is 0 Å². The monoisotopic (exact) mass is 298 g/mol. The Morgan fingerprint density at radius 1 is 1.31 bits per heavy atom. The van der Waals surface area contributed by atoms with Gasteiger partial charge in [-0.1, -0.05) is 41.4 Å². The van der Waals surface area contributed by atoms with Crippen LogP contribution in [0.25, 0.3) is 10.9 Å². The van der Waals surface area contributed by atoms with Gasteiger partial charge in [0, 0.05) is 9.86 Å². The fraction of sp³-hybridized carbons (Fsp3) is 0.250. The summed E-state index contributed by atoms with van der Waals surface area (Å²) in [6.07, 6.45) is 0. The number of pyridine rings is 1. The van der Waals surface area contributed by atoms with Crippen molar-refractivity contribution in [1.82, 2.24) is 4.98 Å². The summed E-state index contributed by atoms with van der Waals surface area (Å²) in [4.78, 5) is 4.36. The lowest BCUT2D eigenvalue weighted by Crippen LogP contribution is -2.00. The molecule has 0 saturated carbocycles. The summed E-state index contributed by atoms with van der Waals surface area (Å²) in [5.41, 5.74) is 7.73. The molecule has 1 heterocycles. The molecule has 0 atom stereocenters. The molecule has 2 aromatic rings. The molecule has 0 amide bonds. The van der Waals surface area contributed by atoms with Crippen molar-refractivity contribution in [3.8, 4) is 0 Å². The van der Waals surface area contributed by atoms with Gasteiger partial charge in [-0.3, -0.25) is 0 Å². The SMILES string of the molecule is CC(C)c1cc2cc(Br)cc(Cl)c2nc1N. The molecule has 0 unspecified atom stereocenters. The maximum absolute atomic E-state index is 6.12. The number of rotatable bonds is 1. The van der Waals surface area contributed by atoms with Crippen molar-refractivity contribution >= 4 is 44.3 Å². The van der Waals surface area contributed by atoms with Gasteiger partial charge in [0.05, 0.1) is 10.5 Å². The van der Waals surface area contributed by atoms with Crippen LogP contribution < -0.4 is 5.73 Å². The Kier molecular flexibility index (Phi) is 3.08. The molecular weight excluding hydrogens is 288 g/mol. The molecule has 0 radical (unpaired) electrons. The number of fused-ring (bicyclic) bond motifs is 1. The maximum Gasteiger partial charge on any atom is 0.127 e. The first-order valence-electron chi connectivity index (χ1n) is 5.04. The number of hydrogen-bond acceptors (Lipinski definition) is 2. The summed E-state index contributed by atoms with van der Waals surface area (Å²) < 4.78 is 0.950. The molecule has 2 N–H and O–H groups in total. The third-order valence-corrected chi connectivity index (χ3v) is 3.26. The third-order valence-electron chi connectivity index (χ3n) is 2.52. The molecule has 4 heteroatoms. The van der Waals surface area contributed by atoms with Crippen molar-refractivity contribution in [1.29, 1.82) is 0 Å². The largest absolute Gasteiger partial charge is 0.383 e. The minimum atomic E-state index is 0.356. The highest BCUT2D eigenvalue weighted by atomic mass is 79.9. The molecule has 0 fully saturated rings. The maximum atomic E-state index is 6.12. The highest BCUT2D eigenvalue weighted by Gasteiger charge is 2.10. The standard InChI is InChI=1S/C12H12BrClN2/c1-6(2)9-4-7-3-8(13)5-10(14)11(7)16-12(9)15/h3-6H,1-2H3,(H2,15,16). The molecule has 16 heavy (non-hydrogen) atoms. The zero-order valence-electron chi connectivity index (χ0n) is 9.09. The second-order valence-corrected chi connectivity index (χ2v) is 5.40. The number of halogens is 2. The zero-order chi connectivity index (χ0) is 11.9. The number of anilines is 1. The zero-order valence-corrected chi connectivity index (χ0v) is 11.4. The fourth-order valence-electron chi connectivity index (χ4n) is 1.70. The molecule has 2 nitrogen and oxygen atoms in total. The van der Waals surface area contributed by atoms with Crippen LogP contribution in [-0.2, 0) is 0 Å². The molecule has 0 aliphatic carbocycles. The lowest BCUT2D eigenvalue weighted by atomic mass is 10.0. The Labute approximate surface area is 108 Å². The van der Waals surface area contributed by atoms with Gasteiger partial charge in [0.2, 0.25) is 0 Å². The Hall–Kier alpha value is -0.800. The Balaban J connectivity index is 2.79. The molecule has 0 aliphatic heterocycles. The molecule has 0 bridgehead atoms. The van der Waals surface area contributed by atoms with E-state index in [0.29, 0.717) is 16.8 Å². The van der Waals surface area contributed by atoms with Gasteiger partial charge in [-0.15, -0.1) is 0 Å². The smallest absolute Gasteiger partial charge is 0.127 e. The van der Waals surface area contributed by atoms with E-state index in [2.05, 4.69) is 40.8 Å². The Bertz CT molecular complexity index is 552. The molecule has 2 rings (SSSR count). The summed E-state index contributed by atoms with van der Waals surface area (Å²) in [5, 5.41) is 1.63. The first-order valence-corrected chi connectivity index (χ1v) is 6.21. The van der Waals surface area contributed by atoms with Crippen LogP contribution in [0, 0.1) is 0 Å². The predicted molar refractivity (Wildman–Crippen MR) is 73.0 cm³/mol. The Morgan fingerprint density at radius 2 is 2.00 bits per heavy atom. The number of aromatic nitrogens is 1. The van der Waals surface area contributed by atoms with Gasteiger partial charge < -0.3 is 5.73 Å². The van der Waals surface area contributed by atoms with Gasteiger partial charge in [-0.05, 0) is 29.7 Å². The predicted octanol–water partition coefficient (Wildman–Crippen LogP) is 4.36. The van der Waals surface area contributed by atoms with Crippen LogP contribution in [0.3, 0.4) is 0 Å². The van der Waals surface area contributed by atoms with E-state index in [4.69, 9.17) is 17.3 Å². The quantitative estimate of drug-likeness (QED) is 0.850. The van der Waals surface area contributed by atoms with Crippen molar-refractivity contribution in [2.75, 3.05) is 5.73 Å². The topological polar surface area (TPSA) is 38.9 Å². The van der Waals surface area contributed by atoms with Gasteiger partial charge in [0.1, 0.15) is 5.82 Å². The molecule has 0 aliphatic rings. The van der Waals surface area contributed by atoms with Crippen molar-refractivity contribution in [2.24, 2.45) is 0 Å². The van der Waals surface area contributed by atoms with E-state index in [1.807, 2.05) is 12.1 Å². The van der Waals surface area contributed by atoms with Gasteiger partial charge in [-0.2, -0.15) is 0 Å². The lowest BCUT2D eigenvalue weighted by molar-refractivity contribution is 0.866. The van der Waals surface area contributed by atoms with Gasteiger partial charge in [-0.25, -0.2) is 4.98 Å². The summed E-state index contributed by atoms with van der Waals surface area (Å²) in [5.74, 6) is 0.918. The highest BCUT2D eigenvalue weighted by molar-refractivity contribution is 9.10. The van der Waals surface area contributed by atoms with Crippen LogP contribution in [0.4, 0.5) is 5.82 Å². The highest BCUT2D eigenvalue weighted by Crippen LogP contribution is 2.31. The molecule has 84 valence electrons. The normalized spacial score (nSPS) is 11.3. The molecule has 1 aromatic carbocycles. The van der Waals surface area contributed by atoms with E-state index in [9.17, 15) is 0 Å². The number of nitrogens with two attached hydrogens (primary N) is 1. The number of benzene rings is 1. The molecule has 0 saturated heterocycles. The van der Waals surface area contributed by atoms with Crippen molar-refractivity contribution < 1.29 is 0 Å². The molecule has 1 aromatic heterocycles. The number of hydrogen-bond donors (Lipinski definition) is 1. The van der Waals surface area contributed by atoms with Gasteiger partial charge in [0.15, 0.2) is 0 Å². The summed E-state index contributed by atoms with van der Waals surface area (Å²) in [7, 11) is 0. The minimum Gasteiger partial charge on any atom is -0.383 e. The lowest BCUT2D eigenvalue weighted by Gasteiger charge is -2.11. The van der Waals surface area contributed by atoms with Crippen LogP contribution in [-0.4, -0.2) is 4.98 Å². The van der Waals surface area contributed by atoms with Crippen molar-refractivity contribution in [3.05, 3.63) is 33.3 Å². The van der Waals surface area contributed by atoms with E-state index < -0.39 is 0 Å². The number of nitrogens with zero attached hydrogens (tertiary/aromatic N) is 1. The third kappa shape index (κ3) is 2.02. The van der Waals surface area contributed by atoms with Crippen LogP contribution in [0.5, 0.6) is 0 Å². The van der Waals surface area contributed by atoms with Gasteiger partial charge in [0.25, 0.3) is 0 Å². The average molecular weight is 300 g/mol. The average Bonchev–Trinajstić information content (AvgIpc) is 2.18. The Morgan fingerprint density at radius 3 is 2.62 bits per heavy atom. The second kappa shape index (κ2) is 4.22. The molecule has 0 spiro atoms. The van der Waals surface area contributed by atoms with E-state index in [1.54, 1.807) is 0 Å². The van der Waals surface area contributed by atoms with Crippen LogP contribution >= 0.6 is 27.5 Å². The summed E-state index contributed by atoms with van der Waals surface area (Å²) in [6.45, 7) is 4.19. The van der Waals surface area contributed by atoms with Gasteiger partial charge >= 0.3 is 0 Å². The fourth-order valence-corrected chi connectivity index (χ4v) is 2.58.